The molecule has 1 aromatic carbocycles. The molecule has 0 aliphatic rings. The fourth-order valence-electron chi connectivity index (χ4n) is 1.02. The highest BCUT2D eigenvalue weighted by Gasteiger charge is 2.07. The van der Waals surface area contributed by atoms with Gasteiger partial charge in [0.05, 0.1) is 0 Å². The third-order valence-electron chi connectivity index (χ3n) is 1.77. The Balaban J connectivity index is 2.33. The van der Waals surface area contributed by atoms with Crippen molar-refractivity contribution in [3.05, 3.63) is 35.9 Å². The Kier molecular flexibility index (Phi) is 5.01. The monoisotopic (exact) mass is 223 g/mol. The summed E-state index contributed by atoms with van der Waals surface area (Å²) < 4.78 is 9.15. The van der Waals surface area contributed by atoms with E-state index < -0.39 is 5.97 Å². The molecule has 0 spiro atoms. The van der Waals surface area contributed by atoms with Crippen molar-refractivity contribution in [3.8, 4) is 0 Å². The molecule has 0 aliphatic carbocycles. The second kappa shape index (κ2) is 6.58. The van der Waals surface area contributed by atoms with Crippen LogP contribution in [-0.4, -0.2) is 32.3 Å². The number of benzene rings is 1. The van der Waals surface area contributed by atoms with Gasteiger partial charge in [-0.05, 0) is 12.1 Å². The zero-order valence-corrected chi connectivity index (χ0v) is 8.93. The van der Waals surface area contributed by atoms with Crippen LogP contribution < -0.4 is 5.32 Å². The molecule has 0 aromatic heterocycles. The summed E-state index contributed by atoms with van der Waals surface area (Å²) >= 11 is 0. The third kappa shape index (κ3) is 4.10. The molecular weight excluding hydrogens is 210 g/mol. The standard InChI is InChI=1S/C11H13NO4/c1-15-8-16-10(13)7-12-11(14)9-5-3-2-4-6-9/h2-6H,7-8H2,1H3,(H,12,14). The van der Waals surface area contributed by atoms with Crippen molar-refractivity contribution >= 4 is 11.9 Å². The van der Waals surface area contributed by atoms with Crippen LogP contribution in [0.2, 0.25) is 0 Å². The Morgan fingerprint density at radius 1 is 1.25 bits per heavy atom. The van der Waals surface area contributed by atoms with E-state index in [1.807, 2.05) is 6.07 Å². The number of ether oxygens (including phenoxy) is 2. The Hall–Kier alpha value is -1.88. The molecule has 5 nitrogen and oxygen atoms in total. The maximum Gasteiger partial charge on any atom is 0.327 e. The average Bonchev–Trinajstić information content (AvgIpc) is 2.34. The van der Waals surface area contributed by atoms with E-state index >= 15 is 0 Å². The molecule has 0 saturated carbocycles. The topological polar surface area (TPSA) is 64.6 Å². The van der Waals surface area contributed by atoms with Crippen molar-refractivity contribution in [3.63, 3.8) is 0 Å². The highest BCUT2D eigenvalue weighted by atomic mass is 16.7. The van der Waals surface area contributed by atoms with Crippen LogP contribution in [0.25, 0.3) is 0 Å². The van der Waals surface area contributed by atoms with Crippen LogP contribution >= 0.6 is 0 Å². The molecule has 0 saturated heterocycles. The number of hydrogen-bond acceptors (Lipinski definition) is 4. The van der Waals surface area contributed by atoms with Gasteiger partial charge < -0.3 is 14.8 Å². The number of amides is 1. The van der Waals surface area contributed by atoms with Crippen molar-refractivity contribution in [2.24, 2.45) is 0 Å². The van der Waals surface area contributed by atoms with E-state index in [-0.39, 0.29) is 19.2 Å². The summed E-state index contributed by atoms with van der Waals surface area (Å²) in [6.07, 6.45) is 0. The second-order valence-corrected chi connectivity index (χ2v) is 2.97. The normalized spacial score (nSPS) is 9.56. The molecule has 1 amide bonds. The fourth-order valence-corrected chi connectivity index (χ4v) is 1.02. The molecule has 0 atom stereocenters. The van der Waals surface area contributed by atoms with Crippen LogP contribution in [-0.2, 0) is 14.3 Å². The van der Waals surface area contributed by atoms with Crippen LogP contribution in [0.3, 0.4) is 0 Å². The van der Waals surface area contributed by atoms with Gasteiger partial charge in [-0.2, -0.15) is 0 Å². The van der Waals surface area contributed by atoms with Crippen molar-refractivity contribution in [2.45, 2.75) is 0 Å². The van der Waals surface area contributed by atoms with Gasteiger partial charge in [-0.25, -0.2) is 0 Å². The Morgan fingerprint density at radius 2 is 1.94 bits per heavy atom. The molecule has 0 bridgehead atoms. The first-order chi connectivity index (χ1) is 7.74. The van der Waals surface area contributed by atoms with E-state index in [1.165, 1.54) is 7.11 Å². The Bertz CT molecular complexity index is 350. The summed E-state index contributed by atoms with van der Waals surface area (Å²) in [4.78, 5) is 22.5. The van der Waals surface area contributed by atoms with Gasteiger partial charge in [0.2, 0.25) is 0 Å². The molecule has 16 heavy (non-hydrogen) atoms. The van der Waals surface area contributed by atoms with Crippen molar-refractivity contribution in [2.75, 3.05) is 20.4 Å². The minimum absolute atomic E-state index is 0.111. The SMILES string of the molecule is COCOC(=O)CNC(=O)c1ccccc1. The molecule has 1 N–H and O–H groups in total. The van der Waals surface area contributed by atoms with E-state index in [1.54, 1.807) is 24.3 Å². The first-order valence-electron chi connectivity index (χ1n) is 4.72. The number of hydrogen-bond donors (Lipinski definition) is 1. The lowest BCUT2D eigenvalue weighted by atomic mass is 10.2. The predicted molar refractivity (Wildman–Crippen MR) is 56.7 cm³/mol. The van der Waals surface area contributed by atoms with Crippen LogP contribution in [0.1, 0.15) is 10.4 Å². The summed E-state index contributed by atoms with van der Waals surface area (Å²) in [5, 5.41) is 2.44. The Labute approximate surface area is 93.4 Å². The lowest BCUT2D eigenvalue weighted by Gasteiger charge is -2.05. The van der Waals surface area contributed by atoms with E-state index in [9.17, 15) is 9.59 Å². The van der Waals surface area contributed by atoms with E-state index in [2.05, 4.69) is 14.8 Å². The smallest absolute Gasteiger partial charge is 0.327 e. The van der Waals surface area contributed by atoms with Gasteiger partial charge >= 0.3 is 5.97 Å². The summed E-state index contributed by atoms with van der Waals surface area (Å²) in [6.45, 7) is -0.281. The maximum absolute atomic E-state index is 11.5. The predicted octanol–water partition coefficient (Wildman–Crippen LogP) is 0.563. The van der Waals surface area contributed by atoms with Gasteiger partial charge in [-0.3, -0.25) is 9.59 Å². The molecule has 1 aromatic rings. The second-order valence-electron chi connectivity index (χ2n) is 2.97. The van der Waals surface area contributed by atoms with Gasteiger partial charge in [-0.15, -0.1) is 0 Å². The molecule has 86 valence electrons. The van der Waals surface area contributed by atoms with E-state index in [0.717, 1.165) is 0 Å². The summed E-state index contributed by atoms with van der Waals surface area (Å²) in [6, 6.07) is 8.63. The van der Waals surface area contributed by atoms with E-state index in [0.29, 0.717) is 5.56 Å². The van der Waals surface area contributed by atoms with Gasteiger partial charge in [-0.1, -0.05) is 18.2 Å². The minimum atomic E-state index is -0.536. The zero-order valence-electron chi connectivity index (χ0n) is 8.93. The summed E-state index contributed by atoms with van der Waals surface area (Å²) in [5.74, 6) is -0.846. The summed E-state index contributed by atoms with van der Waals surface area (Å²) in [5.41, 5.74) is 0.502. The van der Waals surface area contributed by atoms with Crippen LogP contribution in [0.15, 0.2) is 30.3 Å². The molecule has 0 heterocycles. The molecule has 0 fully saturated rings. The van der Waals surface area contributed by atoms with Gasteiger partial charge in [0.1, 0.15) is 6.54 Å². The Morgan fingerprint density at radius 3 is 2.56 bits per heavy atom. The zero-order chi connectivity index (χ0) is 11.8. The van der Waals surface area contributed by atoms with Crippen molar-refractivity contribution in [1.82, 2.24) is 5.32 Å². The number of carbonyl (C=O) groups is 2. The van der Waals surface area contributed by atoms with Gasteiger partial charge in [0, 0.05) is 12.7 Å². The highest BCUT2D eigenvalue weighted by Crippen LogP contribution is 1.97. The van der Waals surface area contributed by atoms with Gasteiger partial charge in [0.15, 0.2) is 6.79 Å². The van der Waals surface area contributed by atoms with Crippen molar-refractivity contribution < 1.29 is 19.1 Å². The number of esters is 1. The highest BCUT2D eigenvalue weighted by molar-refractivity contribution is 5.95. The first-order valence-corrected chi connectivity index (χ1v) is 4.72. The van der Waals surface area contributed by atoms with E-state index in [4.69, 9.17) is 0 Å². The molecule has 0 unspecified atom stereocenters. The average molecular weight is 223 g/mol. The molecular formula is C11H13NO4. The maximum atomic E-state index is 11.5. The lowest BCUT2D eigenvalue weighted by Crippen LogP contribution is -2.30. The largest absolute Gasteiger partial charge is 0.437 e. The van der Waals surface area contributed by atoms with Crippen LogP contribution in [0, 0.1) is 0 Å². The summed E-state index contributed by atoms with van der Waals surface area (Å²) in [7, 11) is 1.41. The first kappa shape index (κ1) is 12.2. The molecule has 1 rings (SSSR count). The van der Waals surface area contributed by atoms with Crippen LogP contribution in [0.4, 0.5) is 0 Å². The lowest BCUT2D eigenvalue weighted by molar-refractivity contribution is -0.152. The third-order valence-corrected chi connectivity index (χ3v) is 1.77. The number of carbonyl (C=O) groups excluding carboxylic acids is 2. The minimum Gasteiger partial charge on any atom is -0.437 e. The van der Waals surface area contributed by atoms with Crippen LogP contribution in [0.5, 0.6) is 0 Å². The quantitative estimate of drug-likeness (QED) is 0.585. The number of methoxy groups -OCH3 is 1. The van der Waals surface area contributed by atoms with Gasteiger partial charge in [0.25, 0.3) is 5.91 Å². The molecule has 0 aliphatic heterocycles. The van der Waals surface area contributed by atoms with Crippen molar-refractivity contribution in [1.29, 1.82) is 0 Å². The molecule has 0 radical (unpaired) electrons. The molecule has 5 heteroatoms. The fraction of sp³-hybridized carbons (Fsp3) is 0.273. The number of nitrogens with one attached hydrogen (secondary N) is 1. The number of rotatable bonds is 5.